The fourth-order valence-electron chi connectivity index (χ4n) is 6.15. The van der Waals surface area contributed by atoms with Crippen molar-refractivity contribution in [2.24, 2.45) is 0 Å². The SMILES string of the molecule is C=CC[N+]1(C)CCN(Cc2cccc(C(=O)NCc3ccc(F)c(-c4cccc(CN5CCN[C@@H](C)C5)c4)c3)c2)CC1.O=C(O)C(F)(F)F.O=C([O-])C(F)(F)F. The molecule has 5 rings (SSSR count). The summed E-state index contributed by atoms with van der Waals surface area (Å²) in [5.74, 6) is -6.14. The van der Waals surface area contributed by atoms with Gasteiger partial charge in [0.05, 0.1) is 26.7 Å². The molecule has 0 saturated carbocycles. The van der Waals surface area contributed by atoms with E-state index < -0.39 is 24.3 Å². The van der Waals surface area contributed by atoms with Gasteiger partial charge in [0, 0.05) is 69.5 Å². The molecule has 2 fully saturated rings. The Morgan fingerprint density at radius 2 is 1.50 bits per heavy atom. The number of aliphatic carboxylic acids is 2. The van der Waals surface area contributed by atoms with Crippen LogP contribution in [0.2, 0.25) is 0 Å². The number of likely N-dealkylation sites (N-methyl/N-ethyl adjacent to an activating group) is 1. The number of piperazine rings is 2. The number of hydrogen-bond acceptors (Lipinski definition) is 7. The van der Waals surface area contributed by atoms with Crippen LogP contribution in [0.1, 0.15) is 34.0 Å². The predicted molar refractivity (Wildman–Crippen MR) is 193 cm³/mol. The highest BCUT2D eigenvalue weighted by Crippen LogP contribution is 2.26. The first-order chi connectivity index (χ1) is 26.2. The van der Waals surface area contributed by atoms with E-state index in [4.69, 9.17) is 19.8 Å². The lowest BCUT2D eigenvalue weighted by molar-refractivity contribution is -0.908. The maximum Gasteiger partial charge on any atom is 0.490 e. The molecule has 2 aliphatic heterocycles. The summed E-state index contributed by atoms with van der Waals surface area (Å²) in [7, 11) is 2.29. The summed E-state index contributed by atoms with van der Waals surface area (Å²) in [6.07, 6.45) is -8.27. The molecule has 3 N–H and O–H groups in total. The molecule has 0 unspecified atom stereocenters. The molecule has 0 radical (unpaired) electrons. The number of benzene rings is 3. The summed E-state index contributed by atoms with van der Waals surface area (Å²) in [6, 6.07) is 21.6. The molecule has 17 heteroatoms. The number of halogens is 7. The first-order valence-corrected chi connectivity index (χ1v) is 17.6. The van der Waals surface area contributed by atoms with Gasteiger partial charge in [0.15, 0.2) is 0 Å². The Kier molecular flexibility index (Phi) is 16.6. The van der Waals surface area contributed by atoms with Crippen LogP contribution in [0.4, 0.5) is 30.7 Å². The van der Waals surface area contributed by atoms with Gasteiger partial charge in [-0.1, -0.05) is 43.0 Å². The lowest BCUT2D eigenvalue weighted by atomic mass is 10.00. The molecule has 0 spiro atoms. The molecule has 0 aliphatic carbocycles. The number of carbonyl (C=O) groups excluding carboxylic acids is 2. The van der Waals surface area contributed by atoms with E-state index in [0.29, 0.717) is 23.7 Å². The van der Waals surface area contributed by atoms with E-state index in [2.05, 4.69) is 59.2 Å². The van der Waals surface area contributed by atoms with Crippen LogP contribution >= 0.6 is 0 Å². The largest absolute Gasteiger partial charge is 0.542 e. The van der Waals surface area contributed by atoms with E-state index in [1.807, 2.05) is 42.5 Å². The van der Waals surface area contributed by atoms with E-state index in [0.717, 1.165) is 86.6 Å². The van der Waals surface area contributed by atoms with Gasteiger partial charge in [0.2, 0.25) is 0 Å². The summed E-state index contributed by atoms with van der Waals surface area (Å²) in [5, 5.41) is 22.4. The molecule has 306 valence electrons. The molecule has 2 heterocycles. The number of nitrogens with zero attached hydrogens (tertiary/aromatic N) is 3. The summed E-state index contributed by atoms with van der Waals surface area (Å²) in [4.78, 5) is 35.7. The molecule has 3 aromatic rings. The number of carboxylic acids is 2. The molecule has 10 nitrogen and oxygen atoms in total. The highest BCUT2D eigenvalue weighted by Gasteiger charge is 2.38. The van der Waals surface area contributed by atoms with E-state index in [9.17, 15) is 35.5 Å². The van der Waals surface area contributed by atoms with Crippen LogP contribution in [0.5, 0.6) is 0 Å². The third-order valence-electron chi connectivity index (χ3n) is 9.13. The van der Waals surface area contributed by atoms with Crippen molar-refractivity contribution in [2.45, 2.75) is 45.0 Å². The maximum atomic E-state index is 15.0. The summed E-state index contributed by atoms with van der Waals surface area (Å²) >= 11 is 0. The second kappa shape index (κ2) is 20.4. The summed E-state index contributed by atoms with van der Waals surface area (Å²) < 4.78 is 79.3. The van der Waals surface area contributed by atoms with Crippen molar-refractivity contribution >= 4 is 17.8 Å². The smallest absolute Gasteiger partial charge is 0.490 e. The second-order valence-electron chi connectivity index (χ2n) is 13.9. The number of carbonyl (C=O) groups is 3. The fourth-order valence-corrected chi connectivity index (χ4v) is 6.15. The third kappa shape index (κ3) is 15.0. The predicted octanol–water partition coefficient (Wildman–Crippen LogP) is 4.60. The Morgan fingerprint density at radius 3 is 2.07 bits per heavy atom. The van der Waals surface area contributed by atoms with E-state index in [1.54, 1.807) is 6.07 Å². The van der Waals surface area contributed by atoms with Crippen LogP contribution in [0.3, 0.4) is 0 Å². The van der Waals surface area contributed by atoms with E-state index >= 15 is 0 Å². The summed E-state index contributed by atoms with van der Waals surface area (Å²) in [6.45, 7) is 16.4. The minimum Gasteiger partial charge on any atom is -0.542 e. The lowest BCUT2D eigenvalue weighted by Crippen LogP contribution is -2.56. The average molecular weight is 798 g/mol. The van der Waals surface area contributed by atoms with Crippen LogP contribution in [-0.4, -0.2) is 115 Å². The van der Waals surface area contributed by atoms with Crippen LogP contribution in [0.15, 0.2) is 79.4 Å². The number of quaternary nitrogens is 1. The van der Waals surface area contributed by atoms with Gasteiger partial charge in [0.25, 0.3) is 5.91 Å². The van der Waals surface area contributed by atoms with Crippen LogP contribution < -0.4 is 15.7 Å². The zero-order valence-electron chi connectivity index (χ0n) is 31.1. The molecule has 1 atom stereocenters. The molecule has 56 heavy (non-hydrogen) atoms. The van der Waals surface area contributed by atoms with E-state index in [1.165, 1.54) is 11.6 Å². The van der Waals surface area contributed by atoms with Gasteiger partial charge in [0.1, 0.15) is 11.8 Å². The van der Waals surface area contributed by atoms with Crippen LogP contribution in [0, 0.1) is 5.82 Å². The Bertz CT molecular complexity index is 1770. The van der Waals surface area contributed by atoms with Crippen LogP contribution in [0.25, 0.3) is 11.1 Å². The second-order valence-corrected chi connectivity index (χ2v) is 13.9. The van der Waals surface area contributed by atoms with Crippen molar-refractivity contribution in [3.05, 3.63) is 107 Å². The third-order valence-corrected chi connectivity index (χ3v) is 9.13. The average Bonchev–Trinajstić information content (AvgIpc) is 3.12. The number of alkyl halides is 6. The standard InChI is InChI=1S/C35H44FN5O.2C2HF3O2/c1-4-17-41(3)18-15-39(16-19-41)25-30-8-6-10-32(21-30)35(42)38-23-28-11-12-34(36)33(22-28)31-9-5-7-29(20-31)26-40-14-13-37-27(2)24-40;2*3-2(4,5)1(6)7/h4-12,20-22,27,37H,1,13-19,23-26H2,2-3H3;2*(H,6,7)/t27-;;/m0../s1. The van der Waals surface area contributed by atoms with Gasteiger partial charge in [-0.25, -0.2) is 9.18 Å². The molecular weight excluding hydrogens is 751 g/mol. The topological polar surface area (TPSA) is 125 Å². The minimum absolute atomic E-state index is 0.121. The first kappa shape index (κ1) is 45.5. The van der Waals surface area contributed by atoms with Crippen molar-refractivity contribution in [1.29, 1.82) is 0 Å². The fraction of sp³-hybridized carbons (Fsp3) is 0.410. The van der Waals surface area contributed by atoms with Gasteiger partial charge in [-0.15, -0.1) is 0 Å². The number of carboxylic acid groups (broad SMARTS) is 2. The highest BCUT2D eigenvalue weighted by atomic mass is 19.4. The number of amides is 1. The van der Waals surface area contributed by atoms with Crippen LogP contribution in [-0.2, 0) is 29.2 Å². The molecule has 1 amide bonds. The Morgan fingerprint density at radius 1 is 0.911 bits per heavy atom. The van der Waals surface area contributed by atoms with Gasteiger partial charge in [-0.2, -0.15) is 26.3 Å². The van der Waals surface area contributed by atoms with Crippen molar-refractivity contribution in [3.63, 3.8) is 0 Å². The Hall–Kier alpha value is -4.84. The van der Waals surface area contributed by atoms with Crippen molar-refractivity contribution in [1.82, 2.24) is 20.4 Å². The summed E-state index contributed by atoms with van der Waals surface area (Å²) in [5.41, 5.74) is 5.25. The number of hydrogen-bond donors (Lipinski definition) is 3. The normalized spacial score (nSPS) is 17.3. The molecule has 0 aromatic heterocycles. The Balaban J connectivity index is 0.000000512. The van der Waals surface area contributed by atoms with Crippen molar-refractivity contribution < 1.29 is 59.8 Å². The minimum atomic E-state index is -5.19. The van der Waals surface area contributed by atoms with Gasteiger partial charge in [-0.3, -0.25) is 14.6 Å². The molecule has 0 bridgehead atoms. The van der Waals surface area contributed by atoms with Crippen molar-refractivity contribution in [3.8, 4) is 11.1 Å². The number of rotatable bonds is 10. The zero-order chi connectivity index (χ0) is 41.7. The van der Waals surface area contributed by atoms with E-state index in [-0.39, 0.29) is 11.7 Å². The van der Waals surface area contributed by atoms with Crippen molar-refractivity contribution in [2.75, 3.05) is 59.4 Å². The highest BCUT2D eigenvalue weighted by molar-refractivity contribution is 5.94. The molecule has 2 aliphatic rings. The quantitative estimate of drug-likeness (QED) is 0.155. The zero-order valence-corrected chi connectivity index (χ0v) is 31.1. The molecular formula is C39H46F7N5O5. The van der Waals surface area contributed by atoms with Gasteiger partial charge in [-0.05, 0) is 65.6 Å². The molecule has 3 aromatic carbocycles. The molecule has 2 saturated heterocycles. The first-order valence-electron chi connectivity index (χ1n) is 17.6. The van der Waals surface area contributed by atoms with Gasteiger partial charge >= 0.3 is 18.3 Å². The lowest BCUT2D eigenvalue weighted by Gasteiger charge is -2.41. The Labute approximate surface area is 320 Å². The maximum absolute atomic E-state index is 15.0. The van der Waals surface area contributed by atoms with Gasteiger partial charge < -0.3 is 30.1 Å². The number of nitrogens with one attached hydrogen (secondary N) is 2. The monoisotopic (exact) mass is 797 g/mol.